The summed E-state index contributed by atoms with van der Waals surface area (Å²) >= 11 is 0. The Balaban J connectivity index is 0.000000702. The van der Waals surface area contributed by atoms with Crippen molar-refractivity contribution < 1.29 is 40.3 Å². The molecule has 174 valence electrons. The predicted octanol–water partition coefficient (Wildman–Crippen LogP) is -0.237. The maximum Gasteiger partial charge on any atom is 0.261 e. The first-order chi connectivity index (χ1) is 13.8. The van der Waals surface area contributed by atoms with E-state index in [1.807, 2.05) is 18.2 Å². The molecule has 30 heavy (non-hydrogen) atoms. The summed E-state index contributed by atoms with van der Waals surface area (Å²) in [6.07, 6.45) is 1.43. The van der Waals surface area contributed by atoms with E-state index in [-0.39, 0.29) is 5.92 Å². The minimum absolute atomic E-state index is 0.259. The number of oxime groups is 1. The smallest absolute Gasteiger partial charge is 0.261 e. The molecule has 1 fully saturated rings. The van der Waals surface area contributed by atoms with Crippen LogP contribution in [0.2, 0.25) is 0 Å². The van der Waals surface area contributed by atoms with E-state index in [2.05, 4.69) is 10.5 Å². The minimum atomic E-state index is -3.67. The van der Waals surface area contributed by atoms with E-state index in [1.165, 1.54) is 0 Å². The molecule has 1 saturated heterocycles. The van der Waals surface area contributed by atoms with Crippen molar-refractivity contribution in [1.82, 2.24) is 5.32 Å². The number of hydrogen-bond donors (Lipinski definition) is 4. The number of nitrogens with one attached hydrogen (secondary N) is 1. The lowest BCUT2D eigenvalue weighted by Gasteiger charge is -2.12. The van der Waals surface area contributed by atoms with Gasteiger partial charge in [0.2, 0.25) is 0 Å². The van der Waals surface area contributed by atoms with Crippen LogP contribution in [0.5, 0.6) is 11.5 Å². The lowest BCUT2D eigenvalue weighted by molar-refractivity contribution is 0.125. The molecule has 1 aromatic rings. The fraction of sp³-hybridized carbons (Fsp3) is 0.562. The van der Waals surface area contributed by atoms with Crippen molar-refractivity contribution in [3.8, 4) is 11.5 Å². The highest BCUT2D eigenvalue weighted by Crippen LogP contribution is 2.28. The fourth-order valence-corrected chi connectivity index (χ4v) is 2.21. The molecule has 1 atom stereocenters. The van der Waals surface area contributed by atoms with Crippen LogP contribution in [-0.2, 0) is 31.7 Å². The Kier molecular flexibility index (Phi) is 12.5. The van der Waals surface area contributed by atoms with Crippen molar-refractivity contribution in [3.63, 3.8) is 0 Å². The van der Waals surface area contributed by atoms with Crippen molar-refractivity contribution >= 4 is 25.9 Å². The molecule has 12 nitrogen and oxygen atoms in total. The lowest BCUT2D eigenvalue weighted by Crippen LogP contribution is -2.22. The first-order valence-electron chi connectivity index (χ1n) is 8.44. The predicted molar refractivity (Wildman–Crippen MR) is 112 cm³/mol. The molecule has 1 aromatic carbocycles. The van der Waals surface area contributed by atoms with Crippen LogP contribution in [0.1, 0.15) is 5.56 Å². The zero-order chi connectivity index (χ0) is 23.4. The molecule has 1 aliphatic heterocycles. The maximum absolute atomic E-state index is 9.19. The van der Waals surface area contributed by atoms with Crippen LogP contribution in [-0.4, -0.2) is 78.0 Å². The number of methoxy groups -OCH3 is 2. The second-order valence-electron chi connectivity index (χ2n) is 6.03. The Morgan fingerprint density at radius 3 is 1.97 bits per heavy atom. The molecule has 2 rings (SSSR count). The summed E-state index contributed by atoms with van der Waals surface area (Å²) in [6, 6.07) is 5.61. The topological polar surface area (TPSA) is 187 Å². The van der Waals surface area contributed by atoms with E-state index in [1.54, 1.807) is 14.2 Å². The van der Waals surface area contributed by atoms with Crippen molar-refractivity contribution in [2.75, 3.05) is 46.4 Å². The minimum Gasteiger partial charge on any atom is -0.496 e. The highest BCUT2D eigenvalue weighted by molar-refractivity contribution is 7.85. The van der Waals surface area contributed by atoms with Gasteiger partial charge in [0.05, 0.1) is 38.0 Å². The number of nitrogens with two attached hydrogens (primary N) is 1. The van der Waals surface area contributed by atoms with Gasteiger partial charge >= 0.3 is 0 Å². The molecule has 0 spiro atoms. The number of hydrogen-bond acceptors (Lipinski definition) is 10. The highest BCUT2D eigenvalue weighted by atomic mass is 32.2. The first-order valence-corrected chi connectivity index (χ1v) is 12.1. The zero-order valence-electron chi connectivity index (χ0n) is 17.2. The number of benzene rings is 1. The van der Waals surface area contributed by atoms with Gasteiger partial charge in [-0.05, 0) is 12.1 Å². The van der Waals surface area contributed by atoms with Crippen molar-refractivity contribution in [2.24, 2.45) is 16.8 Å². The Morgan fingerprint density at radius 2 is 1.57 bits per heavy atom. The molecule has 0 amide bonds. The molecule has 0 radical (unpaired) electrons. The number of rotatable bonds is 6. The summed E-state index contributed by atoms with van der Waals surface area (Å²) in [5.41, 5.74) is 7.49. The molecule has 0 saturated carbocycles. The molecular formula is C16H29N3O9S2. The third-order valence-electron chi connectivity index (χ3n) is 3.37. The van der Waals surface area contributed by atoms with E-state index in [0.29, 0.717) is 25.7 Å². The monoisotopic (exact) mass is 471 g/mol. The van der Waals surface area contributed by atoms with Gasteiger partial charge in [-0.2, -0.15) is 16.8 Å². The Morgan fingerprint density at radius 1 is 1.10 bits per heavy atom. The molecular weight excluding hydrogens is 442 g/mol. The van der Waals surface area contributed by atoms with Crippen molar-refractivity contribution in [1.29, 1.82) is 0 Å². The van der Waals surface area contributed by atoms with Gasteiger partial charge < -0.3 is 25.4 Å². The van der Waals surface area contributed by atoms with Gasteiger partial charge in [-0.15, -0.1) is 0 Å². The molecule has 5 N–H and O–H groups in total. The van der Waals surface area contributed by atoms with E-state index in [4.69, 9.17) is 29.2 Å². The van der Waals surface area contributed by atoms with Crippen LogP contribution >= 0.6 is 0 Å². The summed E-state index contributed by atoms with van der Waals surface area (Å²) in [7, 11) is -4.09. The van der Waals surface area contributed by atoms with E-state index < -0.39 is 20.2 Å². The average Bonchev–Trinajstić information content (AvgIpc) is 3.06. The van der Waals surface area contributed by atoms with Crippen LogP contribution in [0, 0.1) is 5.92 Å². The van der Waals surface area contributed by atoms with Gasteiger partial charge in [0, 0.05) is 25.6 Å². The standard InChI is InChI=1S/C14H21N3O3.2CH4O3S/c1-18-13-4-3-5-14(19-2)11(13)9-20-17-12-8-16-7-10(12)6-15;2*1-5(2,3)4/h3-5,10,16H,6-9,15H2,1-2H3;2*1H3,(H,2,3,4)/b17-12+;;. The van der Waals surface area contributed by atoms with Crippen LogP contribution in [0.4, 0.5) is 0 Å². The van der Waals surface area contributed by atoms with Gasteiger partial charge in [0.25, 0.3) is 20.2 Å². The first kappa shape index (κ1) is 28.0. The summed E-state index contributed by atoms with van der Waals surface area (Å²) < 4.78 is 62.4. The highest BCUT2D eigenvalue weighted by Gasteiger charge is 2.21. The largest absolute Gasteiger partial charge is 0.496 e. The third-order valence-corrected chi connectivity index (χ3v) is 3.37. The van der Waals surface area contributed by atoms with Gasteiger partial charge in [0.15, 0.2) is 0 Å². The Labute approximate surface area is 176 Å². The second-order valence-corrected chi connectivity index (χ2v) is 8.96. The average molecular weight is 472 g/mol. The molecule has 0 bridgehead atoms. The van der Waals surface area contributed by atoms with Crippen molar-refractivity contribution in [3.05, 3.63) is 23.8 Å². The summed E-state index contributed by atoms with van der Waals surface area (Å²) in [5, 5.41) is 7.41. The lowest BCUT2D eigenvalue weighted by atomic mass is 10.1. The molecule has 1 heterocycles. The molecule has 1 unspecified atom stereocenters. The van der Waals surface area contributed by atoms with Crippen LogP contribution in [0.25, 0.3) is 0 Å². The number of nitrogens with zero attached hydrogens (tertiary/aromatic N) is 1. The van der Waals surface area contributed by atoms with Crippen LogP contribution in [0.3, 0.4) is 0 Å². The van der Waals surface area contributed by atoms with Crippen LogP contribution in [0.15, 0.2) is 23.4 Å². The Bertz CT molecular complexity index is 819. The normalized spacial score (nSPS) is 17.3. The number of ether oxygens (including phenoxy) is 2. The third kappa shape index (κ3) is 14.1. The van der Waals surface area contributed by atoms with Crippen LogP contribution < -0.4 is 20.5 Å². The molecule has 14 heteroatoms. The summed E-state index contributed by atoms with van der Waals surface area (Å²) in [6.45, 7) is 2.46. The zero-order valence-corrected chi connectivity index (χ0v) is 18.9. The van der Waals surface area contributed by atoms with Gasteiger partial charge in [-0.25, -0.2) is 0 Å². The fourth-order valence-electron chi connectivity index (χ4n) is 2.21. The van der Waals surface area contributed by atoms with Gasteiger partial charge in [-0.3, -0.25) is 9.11 Å². The molecule has 1 aliphatic rings. The van der Waals surface area contributed by atoms with Crippen molar-refractivity contribution in [2.45, 2.75) is 6.61 Å². The van der Waals surface area contributed by atoms with Gasteiger partial charge in [0.1, 0.15) is 18.1 Å². The van der Waals surface area contributed by atoms with E-state index >= 15 is 0 Å². The molecule has 0 aliphatic carbocycles. The quantitative estimate of drug-likeness (QED) is 0.317. The SMILES string of the molecule is COc1cccc(OC)c1CO/N=C1\CNCC1CN.CS(=O)(=O)O.CS(=O)(=O)O. The molecule has 0 aromatic heterocycles. The maximum atomic E-state index is 9.19. The Hall–Kier alpha value is -1.97. The second kappa shape index (κ2) is 13.4. The van der Waals surface area contributed by atoms with E-state index in [9.17, 15) is 16.8 Å². The van der Waals surface area contributed by atoms with Gasteiger partial charge in [-0.1, -0.05) is 11.2 Å². The summed E-state index contributed by atoms with van der Waals surface area (Å²) in [4.78, 5) is 5.45. The van der Waals surface area contributed by atoms with E-state index in [0.717, 1.165) is 35.9 Å². The summed E-state index contributed by atoms with van der Waals surface area (Å²) in [5.74, 6) is 1.71.